The summed E-state index contributed by atoms with van der Waals surface area (Å²) >= 11 is 2.87. The highest BCUT2D eigenvalue weighted by molar-refractivity contribution is 8.15. The van der Waals surface area contributed by atoms with Crippen LogP contribution in [-0.4, -0.2) is 38.8 Å². The number of thiazole rings is 1. The van der Waals surface area contributed by atoms with Gasteiger partial charge < -0.3 is 10.4 Å². The van der Waals surface area contributed by atoms with Gasteiger partial charge in [-0.05, 0) is 24.6 Å². The average molecular weight is 349 g/mol. The second-order valence-electron chi connectivity index (χ2n) is 5.10. The molecule has 0 spiro atoms. The molecule has 6 nitrogen and oxygen atoms in total. The standard InChI is InChI=1S/C15H15N3O3S2/c1-2-3-12(19)16-8-4-5-9-11(6-8)23-14(17-9)13-18-10(7-22-13)15(20)21/h4-6,10H,2-3,7H2,1H3,(H,16,19)(H,20,21). The third-order valence-corrected chi connectivity index (χ3v) is 5.48. The molecule has 1 aromatic carbocycles. The zero-order chi connectivity index (χ0) is 16.4. The number of fused-ring (bicyclic) bond motifs is 1. The smallest absolute Gasteiger partial charge is 0.329 e. The fourth-order valence-corrected chi connectivity index (χ4v) is 4.26. The minimum absolute atomic E-state index is 0.00314. The average Bonchev–Trinajstić information content (AvgIpc) is 3.13. The summed E-state index contributed by atoms with van der Waals surface area (Å²) in [6.45, 7) is 1.96. The van der Waals surface area contributed by atoms with Gasteiger partial charge in [0.05, 0.1) is 10.2 Å². The summed E-state index contributed by atoms with van der Waals surface area (Å²) < 4.78 is 0.941. The number of nitrogens with zero attached hydrogens (tertiary/aromatic N) is 2. The number of hydrogen-bond acceptors (Lipinski definition) is 6. The van der Waals surface area contributed by atoms with Crippen molar-refractivity contribution in [1.29, 1.82) is 0 Å². The van der Waals surface area contributed by atoms with Crippen molar-refractivity contribution in [3.8, 4) is 0 Å². The molecule has 0 radical (unpaired) electrons. The molecule has 8 heteroatoms. The van der Waals surface area contributed by atoms with Crippen molar-refractivity contribution in [3.63, 3.8) is 0 Å². The number of hydrogen-bond donors (Lipinski definition) is 2. The van der Waals surface area contributed by atoms with Crippen LogP contribution < -0.4 is 5.32 Å². The SMILES string of the molecule is CCCC(=O)Nc1ccc2nc(C3=NC(C(=O)O)CS3)sc2c1. The first kappa shape index (κ1) is 15.9. The summed E-state index contributed by atoms with van der Waals surface area (Å²) in [6.07, 6.45) is 1.30. The van der Waals surface area contributed by atoms with E-state index in [9.17, 15) is 9.59 Å². The van der Waals surface area contributed by atoms with E-state index < -0.39 is 12.0 Å². The number of benzene rings is 1. The van der Waals surface area contributed by atoms with Crippen LogP contribution >= 0.6 is 23.1 Å². The number of carboxylic acid groups (broad SMARTS) is 1. The molecule has 0 saturated carbocycles. The van der Waals surface area contributed by atoms with Crippen LogP contribution in [0.15, 0.2) is 23.2 Å². The van der Waals surface area contributed by atoms with Crippen LogP contribution in [0.3, 0.4) is 0 Å². The number of nitrogens with one attached hydrogen (secondary N) is 1. The lowest BCUT2D eigenvalue weighted by Gasteiger charge is -2.03. The maximum Gasteiger partial charge on any atom is 0.329 e. The fourth-order valence-electron chi connectivity index (χ4n) is 2.16. The second kappa shape index (κ2) is 6.67. The quantitative estimate of drug-likeness (QED) is 0.866. The molecule has 2 N–H and O–H groups in total. The number of carbonyl (C=O) groups is 2. The Morgan fingerprint density at radius 2 is 2.26 bits per heavy atom. The van der Waals surface area contributed by atoms with Gasteiger partial charge in [-0.1, -0.05) is 6.92 Å². The molecule has 2 aromatic rings. The number of carbonyl (C=O) groups excluding carboxylic acids is 1. The van der Waals surface area contributed by atoms with Gasteiger partial charge in [-0.3, -0.25) is 9.79 Å². The second-order valence-corrected chi connectivity index (χ2v) is 7.14. The summed E-state index contributed by atoms with van der Waals surface area (Å²) in [4.78, 5) is 31.3. The molecule has 1 amide bonds. The van der Waals surface area contributed by atoms with Gasteiger partial charge in [0.2, 0.25) is 5.91 Å². The Morgan fingerprint density at radius 1 is 1.43 bits per heavy atom. The van der Waals surface area contributed by atoms with Gasteiger partial charge >= 0.3 is 5.97 Å². The van der Waals surface area contributed by atoms with E-state index >= 15 is 0 Å². The molecule has 120 valence electrons. The van der Waals surface area contributed by atoms with Gasteiger partial charge in [0, 0.05) is 17.9 Å². The molecule has 3 rings (SSSR count). The van der Waals surface area contributed by atoms with Crippen molar-refractivity contribution in [2.24, 2.45) is 4.99 Å². The molecule has 23 heavy (non-hydrogen) atoms. The highest BCUT2D eigenvalue weighted by atomic mass is 32.2. The number of thioether (sulfide) groups is 1. The maximum atomic E-state index is 11.7. The highest BCUT2D eigenvalue weighted by Crippen LogP contribution is 2.31. The van der Waals surface area contributed by atoms with Crippen molar-refractivity contribution in [2.45, 2.75) is 25.8 Å². The van der Waals surface area contributed by atoms with Gasteiger partial charge in [0.25, 0.3) is 0 Å². The topological polar surface area (TPSA) is 91.7 Å². The Hall–Kier alpha value is -1.93. The lowest BCUT2D eigenvalue weighted by Crippen LogP contribution is -2.17. The maximum absolute atomic E-state index is 11.7. The molecular formula is C15H15N3O3S2. The molecule has 2 heterocycles. The van der Waals surface area contributed by atoms with E-state index in [1.807, 2.05) is 25.1 Å². The first-order valence-corrected chi connectivity index (χ1v) is 9.01. The first-order chi connectivity index (χ1) is 11.1. The van der Waals surface area contributed by atoms with Crippen molar-refractivity contribution in [3.05, 3.63) is 23.2 Å². The predicted octanol–water partition coefficient (Wildman–Crippen LogP) is 2.98. The lowest BCUT2D eigenvalue weighted by atomic mass is 10.2. The van der Waals surface area contributed by atoms with E-state index in [0.717, 1.165) is 27.3 Å². The highest BCUT2D eigenvalue weighted by Gasteiger charge is 2.26. The Morgan fingerprint density at radius 3 is 2.96 bits per heavy atom. The Balaban J connectivity index is 1.84. The van der Waals surface area contributed by atoms with E-state index in [-0.39, 0.29) is 5.91 Å². The first-order valence-electron chi connectivity index (χ1n) is 7.21. The van der Waals surface area contributed by atoms with Crippen LogP contribution in [0.2, 0.25) is 0 Å². The number of amides is 1. The zero-order valence-electron chi connectivity index (χ0n) is 12.4. The molecule has 0 bridgehead atoms. The summed E-state index contributed by atoms with van der Waals surface area (Å²) in [5.41, 5.74) is 1.57. The summed E-state index contributed by atoms with van der Waals surface area (Å²) in [5.74, 6) is -0.468. The molecule has 1 unspecified atom stereocenters. The summed E-state index contributed by atoms with van der Waals surface area (Å²) in [5, 5.41) is 13.3. The van der Waals surface area contributed by atoms with Crippen molar-refractivity contribution < 1.29 is 14.7 Å². The third kappa shape index (κ3) is 3.53. The number of rotatable bonds is 5. The predicted molar refractivity (Wildman–Crippen MR) is 93.6 cm³/mol. The number of aromatic nitrogens is 1. The van der Waals surface area contributed by atoms with Crippen LogP contribution in [-0.2, 0) is 9.59 Å². The molecular weight excluding hydrogens is 334 g/mol. The van der Waals surface area contributed by atoms with Gasteiger partial charge in [0.1, 0.15) is 10.1 Å². The zero-order valence-corrected chi connectivity index (χ0v) is 14.0. The molecule has 0 aliphatic carbocycles. The van der Waals surface area contributed by atoms with Gasteiger partial charge in [0.15, 0.2) is 6.04 Å². The summed E-state index contributed by atoms with van der Waals surface area (Å²) in [7, 11) is 0. The van der Waals surface area contributed by atoms with E-state index in [1.54, 1.807) is 0 Å². The molecule has 1 aliphatic heterocycles. The number of aliphatic imine (C=N–C) groups is 1. The molecule has 1 atom stereocenters. The fraction of sp³-hybridized carbons (Fsp3) is 0.333. The van der Waals surface area contributed by atoms with Crippen molar-refractivity contribution in [1.82, 2.24) is 4.98 Å². The van der Waals surface area contributed by atoms with E-state index in [2.05, 4.69) is 15.3 Å². The lowest BCUT2D eigenvalue weighted by molar-refractivity contribution is -0.137. The van der Waals surface area contributed by atoms with E-state index in [4.69, 9.17) is 5.11 Å². The van der Waals surface area contributed by atoms with Crippen molar-refractivity contribution >= 4 is 55.9 Å². The van der Waals surface area contributed by atoms with Crippen LogP contribution in [0.1, 0.15) is 24.8 Å². The Kier molecular flexibility index (Phi) is 4.63. The molecule has 1 aliphatic rings. The van der Waals surface area contributed by atoms with Crippen LogP contribution in [0.5, 0.6) is 0 Å². The van der Waals surface area contributed by atoms with Gasteiger partial charge in [-0.25, -0.2) is 9.78 Å². The van der Waals surface area contributed by atoms with Crippen LogP contribution in [0.25, 0.3) is 10.2 Å². The van der Waals surface area contributed by atoms with E-state index in [1.165, 1.54) is 23.1 Å². The molecule has 0 saturated heterocycles. The largest absolute Gasteiger partial charge is 0.480 e. The molecule has 1 aromatic heterocycles. The summed E-state index contributed by atoms with van der Waals surface area (Å²) in [6, 6.07) is 4.87. The number of carboxylic acids is 1. The number of aliphatic carboxylic acids is 1. The van der Waals surface area contributed by atoms with Gasteiger partial charge in [-0.15, -0.1) is 23.1 Å². The third-order valence-electron chi connectivity index (χ3n) is 3.27. The molecule has 0 fully saturated rings. The minimum atomic E-state index is -0.908. The van der Waals surface area contributed by atoms with Crippen LogP contribution in [0, 0.1) is 0 Å². The number of anilines is 1. The normalized spacial score (nSPS) is 17.3. The van der Waals surface area contributed by atoms with E-state index in [0.29, 0.717) is 17.2 Å². The monoisotopic (exact) mass is 349 g/mol. The minimum Gasteiger partial charge on any atom is -0.480 e. The Labute approximate surface area is 141 Å². The van der Waals surface area contributed by atoms with Gasteiger partial charge in [-0.2, -0.15) is 0 Å². The Bertz CT molecular complexity index is 800. The van der Waals surface area contributed by atoms with Crippen LogP contribution in [0.4, 0.5) is 5.69 Å². The van der Waals surface area contributed by atoms with Crippen molar-refractivity contribution in [2.75, 3.05) is 11.1 Å².